The molecular weight excluding hydrogens is 657 g/mol. The normalized spacial score (nSPS) is 34.7. The van der Waals surface area contributed by atoms with Crippen LogP contribution in [-0.4, -0.2) is 77.8 Å². The first-order valence-electron chi connectivity index (χ1n) is 23.5. The van der Waals surface area contributed by atoms with Crippen LogP contribution in [0.25, 0.3) is 0 Å². The lowest BCUT2D eigenvalue weighted by Gasteiger charge is -2.63. The maximum atomic E-state index is 13.0. The number of quaternary nitrogens is 1. The smallest absolute Gasteiger partial charge is 0.220 e. The second-order valence-corrected chi connectivity index (χ2v) is 20.4. The third kappa shape index (κ3) is 12.4. The molecule has 6 heteroatoms. The SMILES string of the molecule is CCCCCCCCCCCCCCCCCC[N+](C)(C)CCCNC(=O)CC[C@@H](C)[C@H]1CCC2C3C(C[C@H](O)[C@@]21C)[C@@]1(C)CC[C@@H](O)CC1C[C@H]3O. The monoisotopic (exact) mass is 746 g/mol. The number of unbranched alkanes of at least 4 members (excludes halogenated alkanes) is 15. The largest absolute Gasteiger partial charge is 0.393 e. The summed E-state index contributed by atoms with van der Waals surface area (Å²) in [5.74, 6) is 2.17. The molecule has 4 N–H and O–H groups in total. The van der Waals surface area contributed by atoms with Crippen molar-refractivity contribution in [2.24, 2.45) is 46.3 Å². The molecule has 0 bridgehead atoms. The highest BCUT2D eigenvalue weighted by atomic mass is 16.3. The van der Waals surface area contributed by atoms with Crippen molar-refractivity contribution in [2.75, 3.05) is 33.7 Å². The molecule has 0 aromatic carbocycles. The molecule has 4 fully saturated rings. The van der Waals surface area contributed by atoms with E-state index in [0.717, 1.165) is 75.4 Å². The third-order valence-corrected chi connectivity index (χ3v) is 16.2. The van der Waals surface area contributed by atoms with Gasteiger partial charge in [0.2, 0.25) is 5.91 Å². The number of hydrogen-bond donors (Lipinski definition) is 4. The van der Waals surface area contributed by atoms with Crippen LogP contribution in [0.4, 0.5) is 0 Å². The number of hydrogen-bond acceptors (Lipinski definition) is 4. The number of nitrogens with one attached hydrogen (secondary N) is 1. The van der Waals surface area contributed by atoms with Crippen molar-refractivity contribution in [2.45, 2.75) is 213 Å². The molecule has 1 amide bonds. The number of nitrogens with zero attached hydrogens (tertiary/aromatic N) is 1. The second kappa shape index (κ2) is 21.7. The van der Waals surface area contributed by atoms with Gasteiger partial charge in [0, 0.05) is 19.4 Å². The predicted molar refractivity (Wildman–Crippen MR) is 221 cm³/mol. The molecule has 0 spiro atoms. The highest BCUT2D eigenvalue weighted by Gasteiger charge is 2.65. The van der Waals surface area contributed by atoms with E-state index in [9.17, 15) is 20.1 Å². The minimum Gasteiger partial charge on any atom is -0.393 e. The highest BCUT2D eigenvalue weighted by Crippen LogP contribution is 2.68. The quantitative estimate of drug-likeness (QED) is 0.0553. The summed E-state index contributed by atoms with van der Waals surface area (Å²) in [5.41, 5.74) is -0.0990. The predicted octanol–water partition coefficient (Wildman–Crippen LogP) is 10.2. The van der Waals surface area contributed by atoms with E-state index in [4.69, 9.17) is 0 Å². The average molecular weight is 746 g/mol. The fourth-order valence-corrected chi connectivity index (χ4v) is 12.7. The molecule has 4 saturated carbocycles. The summed E-state index contributed by atoms with van der Waals surface area (Å²) >= 11 is 0. The van der Waals surface area contributed by atoms with Gasteiger partial charge in [0.1, 0.15) is 0 Å². The molecule has 11 atom stereocenters. The van der Waals surface area contributed by atoms with Gasteiger partial charge in [0.25, 0.3) is 0 Å². The number of amides is 1. The molecule has 0 radical (unpaired) electrons. The Labute approximate surface area is 328 Å². The molecule has 6 nitrogen and oxygen atoms in total. The van der Waals surface area contributed by atoms with Crippen molar-refractivity contribution < 1.29 is 24.6 Å². The van der Waals surface area contributed by atoms with E-state index in [1.807, 2.05) is 0 Å². The van der Waals surface area contributed by atoms with E-state index in [1.165, 1.54) is 109 Å². The minimum atomic E-state index is -0.368. The zero-order valence-corrected chi connectivity index (χ0v) is 35.9. The van der Waals surface area contributed by atoms with Gasteiger partial charge in [0.15, 0.2) is 0 Å². The molecule has 310 valence electrons. The number of rotatable bonds is 25. The van der Waals surface area contributed by atoms with Crippen LogP contribution in [0.1, 0.15) is 195 Å². The fourth-order valence-electron chi connectivity index (χ4n) is 12.7. The minimum absolute atomic E-state index is 0.104. The summed E-state index contributed by atoms with van der Waals surface area (Å²) in [6.07, 6.45) is 30.4. The summed E-state index contributed by atoms with van der Waals surface area (Å²) in [7, 11) is 4.69. The second-order valence-electron chi connectivity index (χ2n) is 20.4. The summed E-state index contributed by atoms with van der Waals surface area (Å²) < 4.78 is 1.04. The molecule has 0 aliphatic heterocycles. The lowest BCUT2D eigenvalue weighted by molar-refractivity contribution is -0.890. The van der Waals surface area contributed by atoms with Gasteiger partial charge in [-0.3, -0.25) is 4.79 Å². The molecule has 4 aliphatic rings. The number of aliphatic hydroxyl groups excluding tert-OH is 3. The van der Waals surface area contributed by atoms with Crippen LogP contribution in [0.3, 0.4) is 0 Å². The van der Waals surface area contributed by atoms with Crippen LogP contribution >= 0.6 is 0 Å². The van der Waals surface area contributed by atoms with E-state index in [1.54, 1.807) is 0 Å². The summed E-state index contributed by atoms with van der Waals surface area (Å²) in [6, 6.07) is 0. The van der Waals surface area contributed by atoms with E-state index in [0.29, 0.717) is 36.0 Å². The molecule has 0 saturated heterocycles. The third-order valence-electron chi connectivity index (χ3n) is 16.2. The summed E-state index contributed by atoms with van der Waals surface area (Å²) in [6.45, 7) is 12.4. The number of carbonyl (C=O) groups is 1. The van der Waals surface area contributed by atoms with Crippen molar-refractivity contribution in [3.8, 4) is 0 Å². The Hall–Kier alpha value is -0.690. The van der Waals surface area contributed by atoms with Gasteiger partial charge in [0.05, 0.1) is 45.5 Å². The molecule has 4 unspecified atom stereocenters. The molecule has 0 heterocycles. The lowest BCUT2D eigenvalue weighted by atomic mass is 9.43. The fraction of sp³-hybridized carbons (Fsp3) is 0.979. The highest BCUT2D eigenvalue weighted by molar-refractivity contribution is 5.75. The van der Waals surface area contributed by atoms with Gasteiger partial charge < -0.3 is 25.1 Å². The van der Waals surface area contributed by atoms with Crippen LogP contribution < -0.4 is 5.32 Å². The van der Waals surface area contributed by atoms with Crippen molar-refractivity contribution in [3.05, 3.63) is 0 Å². The lowest BCUT2D eigenvalue weighted by Crippen LogP contribution is -2.62. The number of carbonyl (C=O) groups excluding carboxylic acids is 1. The topological polar surface area (TPSA) is 89.8 Å². The van der Waals surface area contributed by atoms with Crippen molar-refractivity contribution in [1.82, 2.24) is 5.32 Å². The number of fused-ring (bicyclic) bond motifs is 5. The maximum absolute atomic E-state index is 13.0. The van der Waals surface area contributed by atoms with Gasteiger partial charge in [-0.1, -0.05) is 118 Å². The average Bonchev–Trinajstić information content (AvgIpc) is 3.48. The van der Waals surface area contributed by atoms with Gasteiger partial charge in [-0.05, 0) is 111 Å². The Balaban J connectivity index is 1.04. The molecule has 53 heavy (non-hydrogen) atoms. The van der Waals surface area contributed by atoms with Crippen molar-refractivity contribution in [1.29, 1.82) is 0 Å². The first kappa shape index (κ1) is 45.0. The Bertz CT molecular complexity index is 1050. The zero-order valence-electron chi connectivity index (χ0n) is 35.9. The standard InChI is InChI=1S/C47H88N2O4/c1-7-8-9-10-11-12-13-14-15-16-17-18-19-20-21-22-31-49(5,6)32-23-30-48-44(53)27-24-36(2)39-25-26-40-45-41(35-43(52)47(39,40)4)46(3)29-28-38(50)33-37(46)34-42(45)51/h36-43,45,50-52H,7-35H2,1-6H3/p+1/t36-,37?,38-,39-,40?,41?,42-,43+,45?,46+,47-/m1/s1. The first-order chi connectivity index (χ1) is 25.3. The van der Waals surface area contributed by atoms with E-state index < -0.39 is 0 Å². The summed E-state index contributed by atoms with van der Waals surface area (Å²) in [4.78, 5) is 13.0. The van der Waals surface area contributed by atoms with E-state index >= 15 is 0 Å². The van der Waals surface area contributed by atoms with Crippen LogP contribution in [0.5, 0.6) is 0 Å². The molecule has 4 aliphatic carbocycles. The zero-order chi connectivity index (χ0) is 38.5. The number of aliphatic hydroxyl groups is 3. The Morgan fingerprint density at radius 2 is 1.30 bits per heavy atom. The van der Waals surface area contributed by atoms with Gasteiger partial charge in [-0.2, -0.15) is 0 Å². The van der Waals surface area contributed by atoms with Crippen LogP contribution in [0.2, 0.25) is 0 Å². The van der Waals surface area contributed by atoms with Gasteiger partial charge in [-0.25, -0.2) is 0 Å². The van der Waals surface area contributed by atoms with Crippen molar-refractivity contribution >= 4 is 5.91 Å². The first-order valence-corrected chi connectivity index (χ1v) is 23.5. The molecule has 0 aromatic rings. The van der Waals surface area contributed by atoms with Gasteiger partial charge in [-0.15, -0.1) is 0 Å². The van der Waals surface area contributed by atoms with Gasteiger partial charge >= 0.3 is 0 Å². The molecule has 4 rings (SSSR count). The Morgan fingerprint density at radius 3 is 1.91 bits per heavy atom. The van der Waals surface area contributed by atoms with E-state index in [-0.39, 0.29) is 41.0 Å². The van der Waals surface area contributed by atoms with Crippen molar-refractivity contribution in [3.63, 3.8) is 0 Å². The Kier molecular flexibility index (Phi) is 18.5. The Morgan fingerprint density at radius 1 is 0.736 bits per heavy atom. The molecule has 0 aromatic heterocycles. The molecular formula is C47H89N2O4+. The van der Waals surface area contributed by atoms with Crippen LogP contribution in [0.15, 0.2) is 0 Å². The van der Waals surface area contributed by atoms with Crippen LogP contribution in [-0.2, 0) is 4.79 Å². The maximum Gasteiger partial charge on any atom is 0.220 e. The summed E-state index contributed by atoms with van der Waals surface area (Å²) in [5, 5.41) is 37.1. The van der Waals surface area contributed by atoms with E-state index in [2.05, 4.69) is 47.1 Å². The van der Waals surface area contributed by atoms with Crippen LogP contribution in [0, 0.1) is 46.3 Å².